The van der Waals surface area contributed by atoms with Crippen LogP contribution >= 0.6 is 0 Å². The first kappa shape index (κ1) is 26.5. The fraction of sp³-hybridized carbons (Fsp3) is 0. The molecule has 0 aliphatic rings. The van der Waals surface area contributed by atoms with Gasteiger partial charge in [0.15, 0.2) is 11.4 Å². The molecule has 0 aliphatic heterocycles. The standard InChI is InChI=1S/C40H20N6/c1-43-28-14-16-32-30-10-3-5-12-35(30)45(39(32)20-28)37-22-34(26-9-7-8-25(18-26)23-41)38(19-27(37)24-42)46-36-13-6-4-11-31(36)33-17-15-29(44-2)21-40(33)46/h3-22H. The Labute approximate surface area is 264 Å². The van der Waals surface area contributed by atoms with Crippen LogP contribution in [0, 0.1) is 35.8 Å². The fourth-order valence-corrected chi connectivity index (χ4v) is 6.60. The van der Waals surface area contributed by atoms with E-state index < -0.39 is 0 Å². The first-order valence-corrected chi connectivity index (χ1v) is 14.5. The van der Waals surface area contributed by atoms with E-state index in [0.717, 1.165) is 60.4 Å². The van der Waals surface area contributed by atoms with Crippen LogP contribution in [0.3, 0.4) is 0 Å². The molecule has 0 bridgehead atoms. The maximum Gasteiger partial charge on any atom is 0.189 e. The van der Waals surface area contributed by atoms with Crippen LogP contribution in [0.25, 0.3) is 75.8 Å². The van der Waals surface area contributed by atoms with Gasteiger partial charge in [-0.15, -0.1) is 0 Å². The molecule has 0 saturated heterocycles. The second kappa shape index (κ2) is 10.3. The predicted molar refractivity (Wildman–Crippen MR) is 183 cm³/mol. The van der Waals surface area contributed by atoms with Crippen LogP contribution in [-0.2, 0) is 0 Å². The molecule has 0 atom stereocenters. The van der Waals surface area contributed by atoms with Crippen molar-refractivity contribution < 1.29 is 0 Å². The van der Waals surface area contributed by atoms with Crippen molar-refractivity contribution in [2.24, 2.45) is 0 Å². The van der Waals surface area contributed by atoms with Gasteiger partial charge in [-0.2, -0.15) is 10.5 Å². The monoisotopic (exact) mass is 584 g/mol. The second-order valence-electron chi connectivity index (χ2n) is 11.0. The van der Waals surface area contributed by atoms with Crippen LogP contribution in [0.1, 0.15) is 11.1 Å². The Balaban J connectivity index is 1.55. The Morgan fingerprint density at radius 3 is 1.63 bits per heavy atom. The Kier molecular flexibility index (Phi) is 5.91. The van der Waals surface area contributed by atoms with Crippen molar-refractivity contribution in [1.82, 2.24) is 9.13 Å². The maximum atomic E-state index is 10.7. The molecule has 0 N–H and O–H groups in total. The van der Waals surface area contributed by atoms with E-state index in [-0.39, 0.29) is 0 Å². The summed E-state index contributed by atoms with van der Waals surface area (Å²) in [4.78, 5) is 7.40. The number of aromatic nitrogens is 2. The smallest absolute Gasteiger partial charge is 0.189 e. The Hall–Kier alpha value is -7.12. The second-order valence-corrected chi connectivity index (χ2v) is 11.0. The molecule has 0 saturated carbocycles. The molecule has 0 unspecified atom stereocenters. The van der Waals surface area contributed by atoms with Gasteiger partial charge in [-0.05, 0) is 54.1 Å². The third-order valence-corrected chi connectivity index (χ3v) is 8.59. The molecule has 2 heterocycles. The maximum absolute atomic E-state index is 10.7. The van der Waals surface area contributed by atoms with Crippen molar-refractivity contribution in [3.8, 4) is 34.6 Å². The summed E-state index contributed by atoms with van der Waals surface area (Å²) in [6.07, 6.45) is 0. The van der Waals surface area contributed by atoms with E-state index in [1.165, 1.54) is 0 Å². The zero-order chi connectivity index (χ0) is 31.4. The highest BCUT2D eigenvalue weighted by Crippen LogP contribution is 2.41. The predicted octanol–water partition coefficient (Wildman–Crippen LogP) is 10.4. The largest absolute Gasteiger partial charge is 0.310 e. The minimum Gasteiger partial charge on any atom is -0.310 e. The van der Waals surface area contributed by atoms with Gasteiger partial charge in [-0.3, -0.25) is 0 Å². The van der Waals surface area contributed by atoms with Crippen LogP contribution in [0.2, 0.25) is 0 Å². The van der Waals surface area contributed by atoms with E-state index in [4.69, 9.17) is 13.1 Å². The Morgan fingerprint density at radius 1 is 0.500 bits per heavy atom. The molecule has 0 fully saturated rings. The number of rotatable bonds is 3. The molecule has 210 valence electrons. The third-order valence-electron chi connectivity index (χ3n) is 8.59. The van der Waals surface area contributed by atoms with Crippen LogP contribution in [0.4, 0.5) is 11.4 Å². The van der Waals surface area contributed by atoms with Gasteiger partial charge >= 0.3 is 0 Å². The van der Waals surface area contributed by atoms with E-state index in [0.29, 0.717) is 28.2 Å². The third kappa shape index (κ3) is 3.86. The summed E-state index contributed by atoms with van der Waals surface area (Å²) >= 11 is 0. The minimum atomic E-state index is 0.443. The molecule has 0 radical (unpaired) electrons. The van der Waals surface area contributed by atoms with Gasteiger partial charge < -0.3 is 9.13 Å². The SMILES string of the molecule is [C-]#[N+]c1ccc2c3ccccc3n(-c3cc(-c4cccc(C#N)c4)c(-n4c5ccccc5c5ccc([N+]#[C-])cc54)cc3C#N)c2c1. The van der Waals surface area contributed by atoms with E-state index in [9.17, 15) is 10.5 Å². The van der Waals surface area contributed by atoms with Crippen molar-refractivity contribution in [3.05, 3.63) is 155 Å². The minimum absolute atomic E-state index is 0.443. The zero-order valence-electron chi connectivity index (χ0n) is 24.2. The van der Waals surface area contributed by atoms with Gasteiger partial charge in [0.2, 0.25) is 0 Å². The molecule has 6 nitrogen and oxygen atoms in total. The number of hydrogen-bond acceptors (Lipinski definition) is 2. The zero-order valence-corrected chi connectivity index (χ0v) is 24.2. The van der Waals surface area contributed by atoms with Gasteiger partial charge in [0, 0.05) is 38.1 Å². The number of benzene rings is 6. The van der Waals surface area contributed by atoms with Crippen molar-refractivity contribution in [1.29, 1.82) is 10.5 Å². The van der Waals surface area contributed by atoms with Gasteiger partial charge in [0.25, 0.3) is 0 Å². The summed E-state index contributed by atoms with van der Waals surface area (Å²) in [5.41, 5.74) is 8.57. The molecule has 0 spiro atoms. The van der Waals surface area contributed by atoms with Crippen LogP contribution < -0.4 is 0 Å². The van der Waals surface area contributed by atoms with Crippen LogP contribution in [0.15, 0.2) is 121 Å². The summed E-state index contributed by atoms with van der Waals surface area (Å²) in [7, 11) is 0. The number of nitriles is 2. The summed E-state index contributed by atoms with van der Waals surface area (Å²) in [6, 6.07) is 43.6. The highest BCUT2D eigenvalue weighted by atomic mass is 15.0. The van der Waals surface area contributed by atoms with Gasteiger partial charge in [0.05, 0.1) is 52.7 Å². The summed E-state index contributed by atoms with van der Waals surface area (Å²) < 4.78 is 4.17. The van der Waals surface area contributed by atoms with Crippen molar-refractivity contribution in [3.63, 3.8) is 0 Å². The normalized spacial score (nSPS) is 11.0. The van der Waals surface area contributed by atoms with E-state index in [1.807, 2.05) is 103 Å². The van der Waals surface area contributed by atoms with Crippen molar-refractivity contribution in [2.45, 2.75) is 0 Å². The Bertz CT molecular complexity index is 2750. The molecule has 6 heteroatoms. The van der Waals surface area contributed by atoms with Crippen molar-refractivity contribution in [2.75, 3.05) is 0 Å². The summed E-state index contributed by atoms with van der Waals surface area (Å²) in [5, 5.41) is 24.6. The lowest BCUT2D eigenvalue weighted by Gasteiger charge is -2.19. The molecule has 46 heavy (non-hydrogen) atoms. The van der Waals surface area contributed by atoms with Crippen molar-refractivity contribution >= 4 is 55.0 Å². The lowest BCUT2D eigenvalue weighted by Crippen LogP contribution is -2.04. The van der Waals surface area contributed by atoms with E-state index in [1.54, 1.807) is 6.07 Å². The van der Waals surface area contributed by atoms with E-state index in [2.05, 4.69) is 43.1 Å². The highest BCUT2D eigenvalue weighted by molar-refractivity contribution is 6.12. The molecule has 6 aromatic carbocycles. The van der Waals surface area contributed by atoms with Gasteiger partial charge in [-0.1, -0.05) is 72.8 Å². The molecule has 8 rings (SSSR count). The lowest BCUT2D eigenvalue weighted by molar-refractivity contribution is 1.14. The number of nitrogens with zero attached hydrogens (tertiary/aromatic N) is 6. The summed E-state index contributed by atoms with van der Waals surface area (Å²) in [6.45, 7) is 15.4. The molecule has 2 aromatic heterocycles. The number of hydrogen-bond donors (Lipinski definition) is 0. The highest BCUT2D eigenvalue weighted by Gasteiger charge is 2.22. The first-order valence-electron chi connectivity index (χ1n) is 14.5. The molecule has 8 aromatic rings. The molecule has 0 amide bonds. The molecular formula is C40H20N6. The van der Waals surface area contributed by atoms with Crippen LogP contribution in [0.5, 0.6) is 0 Å². The van der Waals surface area contributed by atoms with Gasteiger partial charge in [-0.25, -0.2) is 9.69 Å². The topological polar surface area (TPSA) is 66.2 Å². The fourth-order valence-electron chi connectivity index (χ4n) is 6.60. The molecular weight excluding hydrogens is 564 g/mol. The lowest BCUT2D eigenvalue weighted by atomic mass is 9.98. The first-order chi connectivity index (χ1) is 22.6. The number of para-hydroxylation sites is 2. The van der Waals surface area contributed by atoms with Gasteiger partial charge in [0.1, 0.15) is 6.07 Å². The number of fused-ring (bicyclic) bond motifs is 6. The Morgan fingerprint density at radius 2 is 1.07 bits per heavy atom. The average Bonchev–Trinajstić information content (AvgIpc) is 3.62. The average molecular weight is 585 g/mol. The van der Waals surface area contributed by atoms with Crippen LogP contribution in [-0.4, -0.2) is 9.13 Å². The van der Waals surface area contributed by atoms with E-state index >= 15 is 0 Å². The molecule has 0 aliphatic carbocycles. The summed E-state index contributed by atoms with van der Waals surface area (Å²) in [5.74, 6) is 0. The quantitative estimate of drug-likeness (QED) is 0.194.